The predicted octanol–water partition coefficient (Wildman–Crippen LogP) is 3.75. The number of halogens is 1. The van der Waals surface area contributed by atoms with Gasteiger partial charge in [0.05, 0.1) is 5.60 Å². The largest absolute Gasteiger partial charge is 0.474 e. The first-order chi connectivity index (χ1) is 12.4. The zero-order valence-corrected chi connectivity index (χ0v) is 19.6. The third-order valence-electron chi connectivity index (χ3n) is 4.97. The number of aromatic nitrogens is 1. The number of aliphatic imine (C=N–C) groups is 1. The maximum Gasteiger partial charge on any atom is 0.213 e. The molecular weight excluding hydrogens is 455 g/mol. The molecule has 1 heterocycles. The maximum atomic E-state index is 6.08. The lowest BCUT2D eigenvalue weighted by molar-refractivity contribution is 0.0268. The summed E-state index contributed by atoms with van der Waals surface area (Å²) in [4.78, 5) is 8.62. The summed E-state index contributed by atoms with van der Waals surface area (Å²) in [6.45, 7) is 7.72. The fraction of sp³-hybridized carbons (Fsp3) is 0.700. The van der Waals surface area contributed by atoms with E-state index in [4.69, 9.17) is 9.47 Å². The Kier molecular flexibility index (Phi) is 10.4. The first-order valence-corrected chi connectivity index (χ1v) is 9.53. The Labute approximate surface area is 180 Å². The van der Waals surface area contributed by atoms with Crippen LogP contribution in [0.1, 0.15) is 52.0 Å². The Balaban J connectivity index is 0.00000364. The minimum atomic E-state index is -0.243. The van der Waals surface area contributed by atoms with Crippen LogP contribution in [-0.2, 0) is 11.3 Å². The van der Waals surface area contributed by atoms with Gasteiger partial charge >= 0.3 is 0 Å². The molecule has 154 valence electrons. The molecule has 7 heteroatoms. The predicted molar refractivity (Wildman–Crippen MR) is 121 cm³/mol. The van der Waals surface area contributed by atoms with Gasteiger partial charge in [-0.15, -0.1) is 24.0 Å². The molecule has 0 radical (unpaired) electrons. The van der Waals surface area contributed by atoms with Gasteiger partial charge in [0.25, 0.3) is 0 Å². The highest BCUT2D eigenvalue weighted by molar-refractivity contribution is 14.0. The molecule has 0 bridgehead atoms. The molecule has 2 rings (SSSR count). The van der Waals surface area contributed by atoms with Gasteiger partial charge in [-0.05, 0) is 57.1 Å². The molecule has 0 saturated heterocycles. The van der Waals surface area contributed by atoms with Crippen molar-refractivity contribution in [2.24, 2.45) is 10.9 Å². The molecule has 0 aromatic carbocycles. The van der Waals surface area contributed by atoms with Crippen molar-refractivity contribution in [3.63, 3.8) is 0 Å². The van der Waals surface area contributed by atoms with Crippen LogP contribution >= 0.6 is 24.0 Å². The first-order valence-electron chi connectivity index (χ1n) is 9.53. The Bertz CT molecular complexity index is 587. The summed E-state index contributed by atoms with van der Waals surface area (Å²) in [6.07, 6.45) is 6.83. The molecule has 0 amide bonds. The van der Waals surface area contributed by atoms with Crippen molar-refractivity contribution in [3.05, 3.63) is 23.9 Å². The number of methoxy groups -OCH3 is 1. The van der Waals surface area contributed by atoms with Gasteiger partial charge in [-0.1, -0.05) is 6.92 Å². The highest BCUT2D eigenvalue weighted by atomic mass is 127. The van der Waals surface area contributed by atoms with Crippen LogP contribution < -0.4 is 15.4 Å². The van der Waals surface area contributed by atoms with Gasteiger partial charge < -0.3 is 20.1 Å². The van der Waals surface area contributed by atoms with E-state index in [0.29, 0.717) is 25.1 Å². The molecule has 1 saturated carbocycles. The van der Waals surface area contributed by atoms with Gasteiger partial charge in [0, 0.05) is 39.5 Å². The maximum absolute atomic E-state index is 6.08. The fourth-order valence-corrected chi connectivity index (χ4v) is 2.92. The SMILES string of the molecule is CN=C(NCc1ccnc(OC2CCC(C)CC2)c1)NCC(C)(C)OC.I. The Morgan fingerprint density at radius 1 is 1.26 bits per heavy atom. The van der Waals surface area contributed by atoms with Gasteiger partial charge in [-0.25, -0.2) is 4.98 Å². The second-order valence-corrected chi connectivity index (χ2v) is 7.75. The lowest BCUT2D eigenvalue weighted by Gasteiger charge is -2.26. The van der Waals surface area contributed by atoms with Gasteiger partial charge in [0.15, 0.2) is 5.96 Å². The number of rotatable bonds is 7. The molecule has 0 aliphatic heterocycles. The minimum Gasteiger partial charge on any atom is -0.474 e. The molecule has 1 aromatic heterocycles. The highest BCUT2D eigenvalue weighted by Crippen LogP contribution is 2.26. The van der Waals surface area contributed by atoms with Gasteiger partial charge in [-0.2, -0.15) is 0 Å². The standard InChI is InChI=1S/C20H34N4O2.HI/c1-15-6-8-17(9-7-15)26-18-12-16(10-11-22-18)13-23-19(21-4)24-14-20(2,3)25-5;/h10-12,15,17H,6-9,13-14H2,1-5H3,(H2,21,23,24);1H. The van der Waals surface area contributed by atoms with Crippen LogP contribution in [0.25, 0.3) is 0 Å². The number of pyridine rings is 1. The van der Waals surface area contributed by atoms with Crippen LogP contribution in [0.15, 0.2) is 23.3 Å². The van der Waals surface area contributed by atoms with Crippen LogP contribution in [0.3, 0.4) is 0 Å². The van der Waals surface area contributed by atoms with E-state index in [1.807, 2.05) is 32.2 Å². The number of ether oxygens (including phenoxy) is 2. The minimum absolute atomic E-state index is 0. The molecule has 0 atom stereocenters. The highest BCUT2D eigenvalue weighted by Gasteiger charge is 2.20. The molecule has 1 fully saturated rings. The van der Waals surface area contributed by atoms with Crippen LogP contribution in [0.4, 0.5) is 0 Å². The first kappa shape index (κ1) is 23.9. The quantitative estimate of drug-likeness (QED) is 0.346. The lowest BCUT2D eigenvalue weighted by Crippen LogP contribution is -2.45. The molecule has 6 nitrogen and oxygen atoms in total. The molecule has 2 N–H and O–H groups in total. The van der Waals surface area contributed by atoms with Crippen LogP contribution in [0, 0.1) is 5.92 Å². The van der Waals surface area contributed by atoms with Gasteiger partial charge in [0.2, 0.25) is 5.88 Å². The summed E-state index contributed by atoms with van der Waals surface area (Å²) < 4.78 is 11.5. The number of nitrogens with zero attached hydrogens (tertiary/aromatic N) is 2. The third-order valence-corrected chi connectivity index (χ3v) is 4.97. The summed E-state index contributed by atoms with van der Waals surface area (Å²) in [7, 11) is 3.48. The van der Waals surface area contributed by atoms with E-state index in [2.05, 4.69) is 27.5 Å². The van der Waals surface area contributed by atoms with Crippen molar-refractivity contribution in [1.29, 1.82) is 0 Å². The molecule has 1 aromatic rings. The Hall–Kier alpha value is -1.09. The van der Waals surface area contributed by atoms with E-state index in [0.717, 1.165) is 30.3 Å². The molecular formula is C20H35IN4O2. The fourth-order valence-electron chi connectivity index (χ4n) is 2.92. The van der Waals surface area contributed by atoms with Crippen molar-refractivity contribution >= 4 is 29.9 Å². The van der Waals surface area contributed by atoms with Crippen molar-refractivity contribution in [2.75, 3.05) is 20.7 Å². The summed E-state index contributed by atoms with van der Waals surface area (Å²) in [6, 6.07) is 4.01. The lowest BCUT2D eigenvalue weighted by atomic mass is 9.89. The molecule has 0 spiro atoms. The Morgan fingerprint density at radius 2 is 1.96 bits per heavy atom. The van der Waals surface area contributed by atoms with E-state index in [9.17, 15) is 0 Å². The van der Waals surface area contributed by atoms with Crippen molar-refractivity contribution < 1.29 is 9.47 Å². The van der Waals surface area contributed by atoms with Crippen molar-refractivity contribution in [2.45, 2.75) is 64.7 Å². The number of nitrogens with one attached hydrogen (secondary N) is 2. The van der Waals surface area contributed by atoms with Crippen molar-refractivity contribution in [1.82, 2.24) is 15.6 Å². The van der Waals surface area contributed by atoms with E-state index in [1.165, 1.54) is 12.8 Å². The zero-order valence-electron chi connectivity index (χ0n) is 17.2. The second-order valence-electron chi connectivity index (χ2n) is 7.75. The summed E-state index contributed by atoms with van der Waals surface area (Å²) >= 11 is 0. The molecule has 0 unspecified atom stereocenters. The van der Waals surface area contributed by atoms with Gasteiger partial charge in [0.1, 0.15) is 6.10 Å². The summed E-state index contributed by atoms with van der Waals surface area (Å²) in [5.74, 6) is 2.28. The van der Waals surface area contributed by atoms with E-state index < -0.39 is 0 Å². The topological polar surface area (TPSA) is 67.8 Å². The number of hydrogen-bond acceptors (Lipinski definition) is 4. The second kappa shape index (κ2) is 11.7. The molecule has 1 aliphatic carbocycles. The van der Waals surface area contributed by atoms with E-state index >= 15 is 0 Å². The van der Waals surface area contributed by atoms with Crippen LogP contribution in [0.2, 0.25) is 0 Å². The Morgan fingerprint density at radius 3 is 2.59 bits per heavy atom. The molecule has 1 aliphatic rings. The average molecular weight is 490 g/mol. The summed E-state index contributed by atoms with van der Waals surface area (Å²) in [5.41, 5.74) is 0.875. The number of hydrogen-bond donors (Lipinski definition) is 2. The third kappa shape index (κ3) is 8.64. The number of guanidine groups is 1. The van der Waals surface area contributed by atoms with E-state index in [1.54, 1.807) is 14.2 Å². The van der Waals surface area contributed by atoms with E-state index in [-0.39, 0.29) is 29.6 Å². The zero-order chi connectivity index (χ0) is 19.0. The normalized spacial score (nSPS) is 20.6. The van der Waals surface area contributed by atoms with Crippen LogP contribution in [0.5, 0.6) is 5.88 Å². The average Bonchev–Trinajstić information content (AvgIpc) is 2.64. The summed E-state index contributed by atoms with van der Waals surface area (Å²) in [5, 5.41) is 6.60. The van der Waals surface area contributed by atoms with Gasteiger partial charge in [-0.3, -0.25) is 4.99 Å². The van der Waals surface area contributed by atoms with Crippen LogP contribution in [-0.4, -0.2) is 43.4 Å². The molecule has 27 heavy (non-hydrogen) atoms. The monoisotopic (exact) mass is 490 g/mol. The van der Waals surface area contributed by atoms with Crippen molar-refractivity contribution in [3.8, 4) is 5.88 Å². The smallest absolute Gasteiger partial charge is 0.213 e.